The van der Waals surface area contributed by atoms with E-state index in [-0.39, 0.29) is 10.4 Å². The minimum Gasteiger partial charge on any atom is -0.313 e. The Labute approximate surface area is 132 Å². The van der Waals surface area contributed by atoms with Gasteiger partial charge in [0.05, 0.1) is 4.90 Å². The normalized spacial score (nSPS) is 17.5. The molecule has 1 aromatic rings. The average Bonchev–Trinajstić information content (AvgIpc) is 2.38. The van der Waals surface area contributed by atoms with Crippen molar-refractivity contribution >= 4 is 21.6 Å². The predicted molar refractivity (Wildman–Crippen MR) is 86.0 cm³/mol. The standard InChI is InChI=1S/C15H23ClN2O2S/c1-3-9-17-11-12-10-13(5-6-14(12)16)21(19,20)18-15(2)7-4-8-15/h5-6,10,17-18H,3-4,7-9,11H2,1-2H3. The Morgan fingerprint density at radius 3 is 2.62 bits per heavy atom. The van der Waals surface area contributed by atoms with Gasteiger partial charge in [-0.25, -0.2) is 13.1 Å². The molecule has 0 heterocycles. The first-order valence-corrected chi connectivity index (χ1v) is 9.25. The van der Waals surface area contributed by atoms with Crippen molar-refractivity contribution in [2.24, 2.45) is 0 Å². The van der Waals surface area contributed by atoms with Crippen LogP contribution in [0.1, 0.15) is 45.1 Å². The van der Waals surface area contributed by atoms with Crippen molar-refractivity contribution in [3.63, 3.8) is 0 Å². The van der Waals surface area contributed by atoms with Gasteiger partial charge >= 0.3 is 0 Å². The summed E-state index contributed by atoms with van der Waals surface area (Å²) in [5, 5.41) is 3.83. The van der Waals surface area contributed by atoms with Gasteiger partial charge in [-0.2, -0.15) is 0 Å². The molecule has 2 rings (SSSR count). The second kappa shape index (κ2) is 6.65. The van der Waals surface area contributed by atoms with Gasteiger partial charge in [-0.05, 0) is 62.9 Å². The number of hydrogen-bond acceptors (Lipinski definition) is 3. The number of sulfonamides is 1. The highest BCUT2D eigenvalue weighted by Gasteiger charge is 2.36. The molecule has 6 heteroatoms. The lowest BCUT2D eigenvalue weighted by Crippen LogP contribution is -2.50. The van der Waals surface area contributed by atoms with E-state index < -0.39 is 10.0 Å². The topological polar surface area (TPSA) is 58.2 Å². The van der Waals surface area contributed by atoms with Gasteiger partial charge in [0.2, 0.25) is 10.0 Å². The van der Waals surface area contributed by atoms with Crippen LogP contribution in [0.3, 0.4) is 0 Å². The molecule has 0 atom stereocenters. The fourth-order valence-electron chi connectivity index (χ4n) is 2.45. The molecule has 1 aliphatic rings. The summed E-state index contributed by atoms with van der Waals surface area (Å²) in [6.07, 6.45) is 3.89. The lowest BCUT2D eigenvalue weighted by Gasteiger charge is -2.38. The molecule has 0 aliphatic heterocycles. The van der Waals surface area contributed by atoms with Crippen LogP contribution in [-0.4, -0.2) is 20.5 Å². The summed E-state index contributed by atoms with van der Waals surface area (Å²) in [5.41, 5.74) is 0.519. The minimum atomic E-state index is -3.49. The molecule has 1 saturated carbocycles. The third-order valence-electron chi connectivity index (χ3n) is 3.91. The molecular formula is C15H23ClN2O2S. The Kier molecular flexibility index (Phi) is 5.30. The van der Waals surface area contributed by atoms with Crippen molar-refractivity contribution in [2.75, 3.05) is 6.54 Å². The van der Waals surface area contributed by atoms with Crippen molar-refractivity contribution in [2.45, 2.75) is 56.5 Å². The van der Waals surface area contributed by atoms with E-state index in [9.17, 15) is 8.42 Å². The molecule has 0 spiro atoms. The lowest BCUT2D eigenvalue weighted by molar-refractivity contribution is 0.248. The minimum absolute atomic E-state index is 0.285. The Hall–Kier alpha value is -0.620. The molecule has 1 fully saturated rings. The van der Waals surface area contributed by atoms with Crippen LogP contribution in [0.4, 0.5) is 0 Å². The summed E-state index contributed by atoms with van der Waals surface area (Å²) in [4.78, 5) is 0.285. The molecule has 1 aromatic carbocycles. The highest BCUT2D eigenvalue weighted by Crippen LogP contribution is 2.33. The second-order valence-corrected chi connectivity index (χ2v) is 8.04. The Morgan fingerprint density at radius 2 is 2.05 bits per heavy atom. The molecule has 0 radical (unpaired) electrons. The van der Waals surface area contributed by atoms with Crippen molar-refractivity contribution < 1.29 is 8.42 Å². The molecule has 21 heavy (non-hydrogen) atoms. The average molecular weight is 331 g/mol. The number of rotatable bonds is 7. The summed E-state index contributed by atoms with van der Waals surface area (Å²) in [6.45, 7) is 5.49. The Morgan fingerprint density at radius 1 is 1.33 bits per heavy atom. The van der Waals surface area contributed by atoms with E-state index in [4.69, 9.17) is 11.6 Å². The number of hydrogen-bond donors (Lipinski definition) is 2. The molecule has 0 aromatic heterocycles. The van der Waals surface area contributed by atoms with Gasteiger partial charge in [0.15, 0.2) is 0 Å². The highest BCUT2D eigenvalue weighted by atomic mass is 35.5. The summed E-state index contributed by atoms with van der Waals surface area (Å²) >= 11 is 6.14. The molecule has 0 saturated heterocycles. The largest absolute Gasteiger partial charge is 0.313 e. The lowest BCUT2D eigenvalue weighted by atomic mass is 9.80. The van der Waals surface area contributed by atoms with Gasteiger partial charge in [0, 0.05) is 17.1 Å². The van der Waals surface area contributed by atoms with Gasteiger partial charge in [-0.1, -0.05) is 18.5 Å². The van der Waals surface area contributed by atoms with Gasteiger partial charge < -0.3 is 5.32 Å². The van der Waals surface area contributed by atoms with E-state index in [1.807, 2.05) is 6.92 Å². The molecule has 1 aliphatic carbocycles. The van der Waals surface area contributed by atoms with Crippen LogP contribution in [0, 0.1) is 0 Å². The summed E-state index contributed by atoms with van der Waals surface area (Å²) in [7, 11) is -3.49. The van der Waals surface area contributed by atoms with Crippen molar-refractivity contribution in [1.82, 2.24) is 10.0 Å². The van der Waals surface area contributed by atoms with Crippen LogP contribution in [0.5, 0.6) is 0 Å². The zero-order chi connectivity index (χ0) is 15.5. The van der Waals surface area contributed by atoms with Crippen LogP contribution in [0.2, 0.25) is 5.02 Å². The first-order chi connectivity index (χ1) is 9.86. The van der Waals surface area contributed by atoms with E-state index in [0.29, 0.717) is 11.6 Å². The number of benzene rings is 1. The maximum absolute atomic E-state index is 12.5. The van der Waals surface area contributed by atoms with Crippen LogP contribution in [0.25, 0.3) is 0 Å². The molecule has 0 unspecified atom stereocenters. The third-order valence-corrected chi connectivity index (χ3v) is 5.91. The van der Waals surface area contributed by atoms with Crippen LogP contribution >= 0.6 is 11.6 Å². The quantitative estimate of drug-likeness (QED) is 0.755. The molecule has 0 bridgehead atoms. The first kappa shape index (κ1) is 16.7. The third kappa shape index (κ3) is 4.19. The molecule has 0 amide bonds. The van der Waals surface area contributed by atoms with Crippen molar-refractivity contribution in [3.05, 3.63) is 28.8 Å². The van der Waals surface area contributed by atoms with E-state index >= 15 is 0 Å². The van der Waals surface area contributed by atoms with E-state index in [1.54, 1.807) is 18.2 Å². The van der Waals surface area contributed by atoms with Gasteiger partial charge in [0.1, 0.15) is 0 Å². The monoisotopic (exact) mass is 330 g/mol. The second-order valence-electron chi connectivity index (χ2n) is 5.95. The maximum atomic E-state index is 12.5. The van der Waals surface area contributed by atoms with Crippen LogP contribution < -0.4 is 10.0 Å². The van der Waals surface area contributed by atoms with Crippen molar-refractivity contribution in [1.29, 1.82) is 0 Å². The summed E-state index contributed by atoms with van der Waals surface area (Å²) < 4.78 is 27.7. The molecular weight excluding hydrogens is 308 g/mol. The van der Waals surface area contributed by atoms with Crippen molar-refractivity contribution in [3.8, 4) is 0 Å². The van der Waals surface area contributed by atoms with Crippen LogP contribution in [0.15, 0.2) is 23.1 Å². The molecule has 118 valence electrons. The van der Waals surface area contributed by atoms with Gasteiger partial charge in [0.25, 0.3) is 0 Å². The van der Waals surface area contributed by atoms with E-state index in [0.717, 1.165) is 37.8 Å². The predicted octanol–water partition coefficient (Wildman–Crippen LogP) is 3.06. The number of halogens is 1. The van der Waals surface area contributed by atoms with Gasteiger partial charge in [-0.15, -0.1) is 0 Å². The Balaban J connectivity index is 2.16. The van der Waals surface area contributed by atoms with E-state index in [1.165, 1.54) is 0 Å². The summed E-state index contributed by atoms with van der Waals surface area (Å²) in [5.74, 6) is 0. The SMILES string of the molecule is CCCNCc1cc(S(=O)(=O)NC2(C)CCC2)ccc1Cl. The molecule has 2 N–H and O–H groups in total. The maximum Gasteiger partial charge on any atom is 0.241 e. The highest BCUT2D eigenvalue weighted by molar-refractivity contribution is 7.89. The summed E-state index contributed by atoms with van der Waals surface area (Å²) in [6, 6.07) is 4.88. The van der Waals surface area contributed by atoms with Crippen LogP contribution in [-0.2, 0) is 16.6 Å². The zero-order valence-electron chi connectivity index (χ0n) is 12.6. The smallest absolute Gasteiger partial charge is 0.241 e. The van der Waals surface area contributed by atoms with Gasteiger partial charge in [-0.3, -0.25) is 0 Å². The fourth-order valence-corrected chi connectivity index (χ4v) is 4.15. The fraction of sp³-hybridized carbons (Fsp3) is 0.600. The first-order valence-electron chi connectivity index (χ1n) is 7.39. The Bertz CT molecular complexity index is 598. The number of nitrogens with one attached hydrogen (secondary N) is 2. The van der Waals surface area contributed by atoms with E-state index in [2.05, 4.69) is 17.0 Å². The molecule has 4 nitrogen and oxygen atoms in total. The zero-order valence-corrected chi connectivity index (χ0v) is 14.1.